The Hall–Kier alpha value is -2.79. The van der Waals surface area contributed by atoms with Crippen LogP contribution in [0.25, 0.3) is 10.9 Å². The van der Waals surface area contributed by atoms with Gasteiger partial charge in [-0.2, -0.15) is 0 Å². The van der Waals surface area contributed by atoms with Crippen LogP contribution in [0.3, 0.4) is 0 Å². The van der Waals surface area contributed by atoms with Crippen molar-refractivity contribution in [1.82, 2.24) is 15.6 Å². The maximum absolute atomic E-state index is 11.8. The van der Waals surface area contributed by atoms with Crippen molar-refractivity contribution < 1.29 is 9.53 Å². The van der Waals surface area contributed by atoms with Crippen LogP contribution < -0.4 is 15.4 Å². The number of carbonyl (C=O) groups excluding carboxylic acids is 1. The summed E-state index contributed by atoms with van der Waals surface area (Å²) in [6, 6.07) is 17.0. The highest BCUT2D eigenvalue weighted by Gasteiger charge is 2.01. The Morgan fingerprint density at radius 2 is 1.92 bits per heavy atom. The minimum absolute atomic E-state index is 0.210. The van der Waals surface area contributed by atoms with E-state index in [4.69, 9.17) is 16.3 Å². The van der Waals surface area contributed by atoms with Gasteiger partial charge in [0.2, 0.25) is 0 Å². The second kappa shape index (κ2) is 9.06. The van der Waals surface area contributed by atoms with Gasteiger partial charge in [-0.15, -0.1) is 0 Å². The van der Waals surface area contributed by atoms with Gasteiger partial charge in [-0.25, -0.2) is 4.79 Å². The van der Waals surface area contributed by atoms with Crippen LogP contribution in [0.2, 0.25) is 5.02 Å². The van der Waals surface area contributed by atoms with Gasteiger partial charge >= 0.3 is 6.03 Å². The van der Waals surface area contributed by atoms with Gasteiger partial charge in [0.05, 0.1) is 12.1 Å². The van der Waals surface area contributed by atoms with E-state index in [1.165, 1.54) is 0 Å². The zero-order valence-electron chi connectivity index (χ0n) is 14.2. The van der Waals surface area contributed by atoms with Crippen LogP contribution in [0.4, 0.5) is 4.79 Å². The second-order valence-corrected chi connectivity index (χ2v) is 6.21. The van der Waals surface area contributed by atoms with Crippen molar-refractivity contribution >= 4 is 28.5 Å². The van der Waals surface area contributed by atoms with E-state index in [1.807, 2.05) is 54.6 Å². The molecule has 0 atom stereocenters. The van der Waals surface area contributed by atoms with Gasteiger partial charge in [0.25, 0.3) is 0 Å². The van der Waals surface area contributed by atoms with E-state index in [2.05, 4.69) is 15.6 Å². The molecule has 0 saturated carbocycles. The summed E-state index contributed by atoms with van der Waals surface area (Å²) < 4.78 is 5.67. The Labute approximate surface area is 157 Å². The molecule has 2 aromatic carbocycles. The van der Waals surface area contributed by atoms with Crippen molar-refractivity contribution in [3.05, 3.63) is 71.4 Å². The number of benzene rings is 2. The van der Waals surface area contributed by atoms with E-state index in [0.29, 0.717) is 24.7 Å². The van der Waals surface area contributed by atoms with E-state index in [0.717, 1.165) is 28.6 Å². The van der Waals surface area contributed by atoms with Crippen LogP contribution in [-0.2, 0) is 6.42 Å². The highest BCUT2D eigenvalue weighted by Crippen LogP contribution is 2.18. The van der Waals surface area contributed by atoms with Crippen molar-refractivity contribution in [2.24, 2.45) is 0 Å². The molecular formula is C20H20ClN3O2. The summed E-state index contributed by atoms with van der Waals surface area (Å²) in [7, 11) is 0. The predicted molar refractivity (Wildman–Crippen MR) is 104 cm³/mol. The van der Waals surface area contributed by atoms with Gasteiger partial charge in [-0.1, -0.05) is 29.8 Å². The summed E-state index contributed by atoms with van der Waals surface area (Å²) in [5.74, 6) is 0.758. The molecule has 3 aromatic rings. The van der Waals surface area contributed by atoms with Crippen LogP contribution in [0.5, 0.6) is 5.75 Å². The molecule has 0 saturated heterocycles. The number of hydrogen-bond acceptors (Lipinski definition) is 3. The number of rotatable bonds is 7. The maximum atomic E-state index is 11.8. The van der Waals surface area contributed by atoms with Gasteiger partial charge in [0, 0.05) is 23.2 Å². The number of fused-ring (bicyclic) bond motifs is 1. The fraction of sp³-hybridized carbons (Fsp3) is 0.200. The molecule has 134 valence electrons. The Morgan fingerprint density at radius 3 is 2.81 bits per heavy atom. The van der Waals surface area contributed by atoms with Crippen molar-refractivity contribution in [3.63, 3.8) is 0 Å². The Balaban J connectivity index is 1.34. The number of urea groups is 1. The average Bonchev–Trinajstić information content (AvgIpc) is 2.65. The molecule has 0 spiro atoms. The van der Waals surface area contributed by atoms with Crippen LogP contribution in [0.1, 0.15) is 5.56 Å². The fourth-order valence-corrected chi connectivity index (χ4v) is 2.77. The Kier molecular flexibility index (Phi) is 6.28. The standard InChI is InChI=1S/C20H20ClN3O2/c21-17-5-1-3-15(13-17)8-10-23-20(25)24-11-12-26-18-6-7-19-16(14-18)4-2-9-22-19/h1-7,9,13-14H,8,10-12H2,(H2,23,24,25). The summed E-state index contributed by atoms with van der Waals surface area (Å²) in [6.07, 6.45) is 2.49. The number of ether oxygens (including phenoxy) is 1. The SMILES string of the molecule is O=C(NCCOc1ccc2ncccc2c1)NCCc1cccc(Cl)c1. The van der Waals surface area contributed by atoms with Crippen LogP contribution in [-0.4, -0.2) is 30.7 Å². The number of nitrogens with one attached hydrogen (secondary N) is 2. The first-order valence-electron chi connectivity index (χ1n) is 8.44. The molecule has 2 N–H and O–H groups in total. The van der Waals surface area contributed by atoms with Gasteiger partial charge in [0.1, 0.15) is 12.4 Å². The third kappa shape index (κ3) is 5.36. The van der Waals surface area contributed by atoms with E-state index in [1.54, 1.807) is 6.20 Å². The Morgan fingerprint density at radius 1 is 1.04 bits per heavy atom. The normalized spacial score (nSPS) is 10.5. The topological polar surface area (TPSA) is 63.2 Å². The third-order valence-corrected chi connectivity index (χ3v) is 4.05. The molecule has 0 aliphatic carbocycles. The molecule has 0 bridgehead atoms. The molecule has 0 fully saturated rings. The zero-order valence-corrected chi connectivity index (χ0v) is 15.0. The number of amides is 2. The number of aromatic nitrogens is 1. The highest BCUT2D eigenvalue weighted by atomic mass is 35.5. The van der Waals surface area contributed by atoms with Crippen molar-refractivity contribution in [2.45, 2.75) is 6.42 Å². The van der Waals surface area contributed by atoms with Crippen LogP contribution in [0, 0.1) is 0 Å². The number of halogens is 1. The summed E-state index contributed by atoms with van der Waals surface area (Å²) in [5, 5.41) is 7.32. The maximum Gasteiger partial charge on any atom is 0.314 e. The van der Waals surface area contributed by atoms with E-state index < -0.39 is 0 Å². The molecule has 2 amide bonds. The summed E-state index contributed by atoms with van der Waals surface area (Å²) in [4.78, 5) is 16.0. The van der Waals surface area contributed by atoms with Crippen LogP contribution >= 0.6 is 11.6 Å². The lowest BCUT2D eigenvalue weighted by atomic mass is 10.1. The lowest BCUT2D eigenvalue weighted by Gasteiger charge is -2.10. The van der Waals surface area contributed by atoms with Crippen molar-refractivity contribution in [3.8, 4) is 5.75 Å². The zero-order chi connectivity index (χ0) is 18.2. The van der Waals surface area contributed by atoms with Gasteiger partial charge in [-0.3, -0.25) is 4.98 Å². The molecule has 5 nitrogen and oxygen atoms in total. The first-order chi connectivity index (χ1) is 12.7. The minimum Gasteiger partial charge on any atom is -0.492 e. The van der Waals surface area contributed by atoms with Gasteiger partial charge in [0.15, 0.2) is 0 Å². The number of nitrogens with zero attached hydrogens (tertiary/aromatic N) is 1. The molecular weight excluding hydrogens is 350 g/mol. The highest BCUT2D eigenvalue weighted by molar-refractivity contribution is 6.30. The molecule has 0 unspecified atom stereocenters. The second-order valence-electron chi connectivity index (χ2n) is 5.77. The van der Waals surface area contributed by atoms with E-state index >= 15 is 0 Å². The first-order valence-corrected chi connectivity index (χ1v) is 8.82. The average molecular weight is 370 g/mol. The summed E-state index contributed by atoms with van der Waals surface area (Å²) in [5.41, 5.74) is 2.02. The molecule has 3 rings (SSSR count). The lowest BCUT2D eigenvalue weighted by molar-refractivity contribution is 0.236. The number of pyridine rings is 1. The quantitative estimate of drug-likeness (QED) is 0.622. The molecule has 6 heteroatoms. The van der Waals surface area contributed by atoms with E-state index in [9.17, 15) is 4.79 Å². The number of hydrogen-bond donors (Lipinski definition) is 2. The van der Waals surface area contributed by atoms with E-state index in [-0.39, 0.29) is 6.03 Å². The van der Waals surface area contributed by atoms with Crippen molar-refractivity contribution in [2.75, 3.05) is 19.7 Å². The molecule has 1 aromatic heterocycles. The van der Waals surface area contributed by atoms with Gasteiger partial charge in [-0.05, 0) is 48.4 Å². The molecule has 26 heavy (non-hydrogen) atoms. The minimum atomic E-state index is -0.210. The molecule has 0 aliphatic heterocycles. The molecule has 1 heterocycles. The molecule has 0 aliphatic rings. The molecule has 0 radical (unpaired) electrons. The first kappa shape index (κ1) is 18.0. The lowest BCUT2D eigenvalue weighted by Crippen LogP contribution is -2.38. The fourth-order valence-electron chi connectivity index (χ4n) is 2.55. The largest absolute Gasteiger partial charge is 0.492 e. The predicted octanol–water partition coefficient (Wildman–Crippen LogP) is 3.81. The van der Waals surface area contributed by atoms with Crippen molar-refractivity contribution in [1.29, 1.82) is 0 Å². The Bertz CT molecular complexity index is 886. The van der Waals surface area contributed by atoms with Gasteiger partial charge < -0.3 is 15.4 Å². The third-order valence-electron chi connectivity index (χ3n) is 3.82. The van der Waals surface area contributed by atoms with Crippen LogP contribution in [0.15, 0.2) is 60.8 Å². The summed E-state index contributed by atoms with van der Waals surface area (Å²) >= 11 is 5.94. The summed E-state index contributed by atoms with van der Waals surface area (Å²) in [6.45, 7) is 1.37. The number of carbonyl (C=O) groups is 1. The smallest absolute Gasteiger partial charge is 0.314 e. The monoisotopic (exact) mass is 369 g/mol.